The van der Waals surface area contributed by atoms with Crippen molar-refractivity contribution >= 4 is 0 Å². The molecule has 14 bridgehead atoms. The molecule has 0 spiro atoms. The van der Waals surface area contributed by atoms with Crippen LogP contribution in [-0.2, 0) is 147 Å². The summed E-state index contributed by atoms with van der Waals surface area (Å²) in [5.74, 6) is 0. The second-order valence-electron chi connectivity index (χ2n) is 23.4. The van der Waals surface area contributed by atoms with E-state index in [1.165, 1.54) is 121 Å². The van der Waals surface area contributed by atoms with Gasteiger partial charge in [0.15, 0.2) is 44.0 Å². The Kier molecular flexibility index (Phi) is 31.2. The van der Waals surface area contributed by atoms with Gasteiger partial charge in [-0.2, -0.15) is 0 Å². The molecule has 0 aromatic heterocycles. The summed E-state index contributed by atoms with van der Waals surface area (Å²) >= 11 is 0. The minimum Gasteiger partial charge on any atom is -0.394 e. The van der Waals surface area contributed by atoms with Crippen LogP contribution in [0.25, 0.3) is 0 Å². The summed E-state index contributed by atoms with van der Waals surface area (Å²) in [6.07, 6.45) is -40.3. The maximum absolute atomic E-state index is 11.2. The SMILES string of the molecule is COC[C@H]1O[C@@H]2O[C@H]3[C@H](OC)[C@@H](OC)[C@@H](O[C@H]4[C@H](OC)[C@@H](OC)[C@@H](O[C@H]5[C@H](OC)[C@@H](OC)[C@@H](O[C@H]6[C@H](OC)[C@@H](OC)[C@@H](O[C@H]7[C@H](OC)[C@@H](OC)[C@@H](O[C@H]8[C@H](OC)[C@@H](OC)[C@@H](O[C@H]1[C@H](OC)[C@H]2OC)O[C@@H]8CO)O[C@@H]7CO)O[C@@H]6COC)O[C@@H]5COC)O[C@@H]4CO)O[C@@H]3CO. The molecular formula is C59H104O35. The molecule has 21 saturated heterocycles. The van der Waals surface area contributed by atoms with Gasteiger partial charge in [0, 0.05) is 121 Å². The van der Waals surface area contributed by atoms with Crippen LogP contribution in [0.5, 0.6) is 0 Å². The van der Waals surface area contributed by atoms with Gasteiger partial charge in [0.05, 0.1) is 46.2 Å². The highest BCUT2D eigenvalue weighted by Crippen LogP contribution is 2.43. The third kappa shape index (κ3) is 16.2. The zero-order chi connectivity index (χ0) is 68.1. The van der Waals surface area contributed by atoms with Crippen LogP contribution in [0, 0.1) is 0 Å². The van der Waals surface area contributed by atoms with E-state index in [4.69, 9.17) is 147 Å². The van der Waals surface area contributed by atoms with Gasteiger partial charge < -0.3 is 167 Å². The summed E-state index contributed by atoms with van der Waals surface area (Å²) in [4.78, 5) is 0. The molecule has 0 aromatic carbocycles. The van der Waals surface area contributed by atoms with Crippen molar-refractivity contribution < 1.29 is 167 Å². The van der Waals surface area contributed by atoms with Crippen molar-refractivity contribution in [1.82, 2.24) is 0 Å². The fourth-order valence-corrected chi connectivity index (χ4v) is 14.2. The fourth-order valence-electron chi connectivity index (χ4n) is 14.2. The van der Waals surface area contributed by atoms with Crippen LogP contribution in [0.3, 0.4) is 0 Å². The molecule has 0 saturated carbocycles. The van der Waals surface area contributed by atoms with E-state index in [9.17, 15) is 20.4 Å². The molecule has 0 amide bonds. The van der Waals surface area contributed by atoms with Gasteiger partial charge in [0.1, 0.15) is 171 Å². The first-order valence-corrected chi connectivity index (χ1v) is 31.2. The number of hydrogen-bond acceptors (Lipinski definition) is 35. The maximum atomic E-state index is 11.2. The molecule has 21 aliphatic heterocycles. The molecule has 94 heavy (non-hydrogen) atoms. The molecule has 21 heterocycles. The Morgan fingerprint density at radius 1 is 0.181 bits per heavy atom. The van der Waals surface area contributed by atoms with Crippen molar-refractivity contribution in [1.29, 1.82) is 0 Å². The van der Waals surface area contributed by atoms with Crippen molar-refractivity contribution in [3.8, 4) is 0 Å². The monoisotopic (exact) mass is 1370 g/mol. The smallest absolute Gasteiger partial charge is 0.187 e. The lowest BCUT2D eigenvalue weighted by molar-refractivity contribution is -0.402. The summed E-state index contributed by atoms with van der Waals surface area (Å²) in [7, 11) is 24.4. The van der Waals surface area contributed by atoms with Crippen LogP contribution < -0.4 is 0 Å². The molecule has 21 aliphatic rings. The average Bonchev–Trinajstić information content (AvgIpc) is 0.781. The molecule has 0 aliphatic carbocycles. The van der Waals surface area contributed by atoms with Gasteiger partial charge in [0.2, 0.25) is 0 Å². The topological polar surface area (TPSA) is 367 Å². The summed E-state index contributed by atoms with van der Waals surface area (Å²) in [6.45, 7) is -2.88. The van der Waals surface area contributed by atoms with E-state index in [0.29, 0.717) is 0 Å². The van der Waals surface area contributed by atoms with Gasteiger partial charge in [-0.25, -0.2) is 0 Å². The van der Waals surface area contributed by atoms with Gasteiger partial charge in [-0.05, 0) is 0 Å². The van der Waals surface area contributed by atoms with Gasteiger partial charge in [-0.15, -0.1) is 0 Å². The van der Waals surface area contributed by atoms with Crippen LogP contribution in [0.1, 0.15) is 0 Å². The van der Waals surface area contributed by atoms with Crippen molar-refractivity contribution in [3.63, 3.8) is 0 Å². The van der Waals surface area contributed by atoms with Crippen LogP contribution >= 0.6 is 0 Å². The van der Waals surface area contributed by atoms with E-state index in [2.05, 4.69) is 0 Å². The minimum absolute atomic E-state index is 0.0907. The summed E-state index contributed by atoms with van der Waals surface area (Å²) < 4.78 is 198. The molecule has 35 heteroatoms. The number of methoxy groups -OCH3 is 17. The number of hydrogen-bond donors (Lipinski definition) is 4. The van der Waals surface area contributed by atoms with Gasteiger partial charge in [-0.3, -0.25) is 0 Å². The van der Waals surface area contributed by atoms with Crippen LogP contribution in [0.15, 0.2) is 0 Å². The number of ether oxygens (including phenoxy) is 31. The van der Waals surface area contributed by atoms with Crippen LogP contribution in [0.2, 0.25) is 0 Å². The first-order chi connectivity index (χ1) is 45.7. The third-order valence-electron chi connectivity index (χ3n) is 18.7. The van der Waals surface area contributed by atoms with Crippen molar-refractivity contribution in [2.75, 3.05) is 167 Å². The molecule has 21 fully saturated rings. The Morgan fingerprint density at radius 2 is 0.309 bits per heavy atom. The highest BCUT2D eigenvalue weighted by atomic mass is 16.8. The second kappa shape index (κ2) is 37.5. The Bertz CT molecular complexity index is 2120. The first kappa shape index (κ1) is 78.3. The lowest BCUT2D eigenvalue weighted by atomic mass is 9.94. The summed E-state index contributed by atoms with van der Waals surface area (Å²) in [6, 6.07) is 0. The third-order valence-corrected chi connectivity index (χ3v) is 18.7. The zero-order valence-corrected chi connectivity index (χ0v) is 56.6. The lowest BCUT2D eigenvalue weighted by Crippen LogP contribution is -2.69. The van der Waals surface area contributed by atoms with Crippen molar-refractivity contribution in [2.45, 2.75) is 215 Å². The number of rotatable bonds is 24. The Balaban J connectivity index is 1.21. The Morgan fingerprint density at radius 3 is 0.426 bits per heavy atom. The van der Waals surface area contributed by atoms with E-state index in [-0.39, 0.29) is 19.8 Å². The normalized spacial score (nSPS) is 47.5. The second-order valence-corrected chi connectivity index (χ2v) is 23.4. The molecule has 21 rings (SSSR count). The number of aliphatic hydroxyl groups is 4. The molecule has 35 nitrogen and oxygen atoms in total. The molecule has 550 valence electrons. The van der Waals surface area contributed by atoms with Gasteiger partial charge in [-0.1, -0.05) is 0 Å². The fraction of sp³-hybridized carbons (Fsp3) is 1.00. The minimum atomic E-state index is -1.37. The summed E-state index contributed by atoms with van der Waals surface area (Å²) in [5, 5.41) is 44.8. The molecule has 0 unspecified atom stereocenters. The Labute approximate surface area is 548 Å². The van der Waals surface area contributed by atoms with E-state index >= 15 is 0 Å². The average molecular weight is 1370 g/mol. The molecule has 4 N–H and O–H groups in total. The summed E-state index contributed by atoms with van der Waals surface area (Å²) in [5.41, 5.74) is 0. The first-order valence-electron chi connectivity index (χ1n) is 31.2. The standard InChI is InChI=1S/C59H104O35/c1-64-22-29-36-43(71-8)50(78-15)57(85-29)90-34-27(20-62)81-53(46(74-11)41(34)69-6)89-33-26(19-61)84-56(49(77-14)40(33)68-5)93-37-30(23-65-2)87-59(52(80-17)44(37)72-9)94-38-31(24-66-3)86-58(51(79-16)45(38)73-10)91-35-28(21-63)82-54(47(75-12)42(35)70-7)88-32-25(18-60)83-55(92-36)48(76-13)39(32)67-4/h25-63H,18-24H2,1-17H3/t25-,26-,27-,28-,29-,30-,31-,32-,33-,34-,35-,36-,37-,38-,39+,40+,41+,42+,43+,44+,45+,46-,47-,48-,49-,50-,51-,52-,53-,54-,55-,56-,57-,58-,59-/m1/s1. The lowest BCUT2D eigenvalue weighted by Gasteiger charge is -2.52. The van der Waals surface area contributed by atoms with Crippen molar-refractivity contribution in [3.05, 3.63) is 0 Å². The maximum Gasteiger partial charge on any atom is 0.187 e. The largest absolute Gasteiger partial charge is 0.394 e. The van der Waals surface area contributed by atoms with Gasteiger partial charge in [0.25, 0.3) is 0 Å². The van der Waals surface area contributed by atoms with Gasteiger partial charge >= 0.3 is 0 Å². The molecule has 35 atom stereocenters. The number of aliphatic hydroxyl groups excluding tert-OH is 4. The predicted octanol–water partition coefficient (Wildman–Crippen LogP) is -4.11. The van der Waals surface area contributed by atoms with E-state index in [0.717, 1.165) is 0 Å². The molecular weight excluding hydrogens is 1270 g/mol. The van der Waals surface area contributed by atoms with Crippen molar-refractivity contribution in [2.24, 2.45) is 0 Å². The zero-order valence-electron chi connectivity index (χ0n) is 56.6. The van der Waals surface area contributed by atoms with Crippen LogP contribution in [-0.4, -0.2) is 402 Å². The Hall–Kier alpha value is -1.40. The quantitative estimate of drug-likeness (QED) is 0.0713. The van der Waals surface area contributed by atoms with E-state index < -0.39 is 241 Å². The highest BCUT2D eigenvalue weighted by molar-refractivity contribution is 5.04. The van der Waals surface area contributed by atoms with E-state index in [1.807, 2.05) is 0 Å². The van der Waals surface area contributed by atoms with E-state index in [1.54, 1.807) is 0 Å². The highest BCUT2D eigenvalue weighted by Gasteiger charge is 2.62. The molecule has 0 radical (unpaired) electrons. The molecule has 0 aromatic rings. The predicted molar refractivity (Wildman–Crippen MR) is 310 cm³/mol. The van der Waals surface area contributed by atoms with Crippen LogP contribution in [0.4, 0.5) is 0 Å².